The van der Waals surface area contributed by atoms with Gasteiger partial charge in [0.2, 0.25) is 0 Å². The predicted molar refractivity (Wildman–Crippen MR) is 49.2 cm³/mol. The van der Waals surface area contributed by atoms with Crippen LogP contribution in [0.25, 0.3) is 10.4 Å². The van der Waals surface area contributed by atoms with Crippen LogP contribution in [-0.2, 0) is 0 Å². The highest BCUT2D eigenvalue weighted by Gasteiger charge is 2.20. The molecule has 0 saturated heterocycles. The van der Waals surface area contributed by atoms with E-state index >= 15 is 0 Å². The Morgan fingerprint density at radius 3 is 2.69 bits per heavy atom. The highest BCUT2D eigenvalue weighted by Crippen LogP contribution is 2.33. The number of aromatic carboxylic acids is 1. The number of rotatable bonds is 3. The van der Waals surface area contributed by atoms with Gasteiger partial charge in [0.15, 0.2) is 17.9 Å². The minimum atomic E-state index is -1.58. The van der Waals surface area contributed by atoms with Gasteiger partial charge in [-0.25, -0.2) is 9.18 Å². The van der Waals surface area contributed by atoms with E-state index in [0.29, 0.717) is 0 Å². The summed E-state index contributed by atoms with van der Waals surface area (Å²) < 4.78 is 13.3. The van der Waals surface area contributed by atoms with E-state index in [0.717, 1.165) is 6.07 Å². The third-order valence-corrected chi connectivity index (χ3v) is 1.75. The van der Waals surface area contributed by atoms with E-state index in [1.165, 1.54) is 0 Å². The van der Waals surface area contributed by atoms with Crippen LogP contribution in [0.3, 0.4) is 0 Å². The first-order valence-electron chi connectivity index (χ1n) is 3.82. The number of nitrogens with zero attached hydrogens (tertiary/aromatic N) is 3. The van der Waals surface area contributed by atoms with Gasteiger partial charge in [0.1, 0.15) is 0 Å². The maximum Gasteiger partial charge on any atom is 0.336 e. The number of azide groups is 1. The number of carbonyl (C=O) groups excluding carboxylic acids is 1. The van der Waals surface area contributed by atoms with E-state index in [1.807, 2.05) is 0 Å². The number of hydrogen-bond donors (Lipinski definition) is 2. The van der Waals surface area contributed by atoms with Crippen molar-refractivity contribution < 1.29 is 24.2 Å². The van der Waals surface area contributed by atoms with Gasteiger partial charge in [-0.15, -0.1) is 0 Å². The van der Waals surface area contributed by atoms with Crippen molar-refractivity contribution in [2.45, 2.75) is 0 Å². The average molecular weight is 225 g/mol. The van der Waals surface area contributed by atoms with E-state index in [4.69, 9.17) is 15.7 Å². The van der Waals surface area contributed by atoms with Crippen molar-refractivity contribution in [2.24, 2.45) is 5.11 Å². The molecule has 2 N–H and O–H groups in total. The number of hydrogen-bond acceptors (Lipinski definition) is 4. The molecule has 82 valence electrons. The molecule has 0 saturated carbocycles. The maximum absolute atomic E-state index is 13.3. The van der Waals surface area contributed by atoms with E-state index in [9.17, 15) is 14.0 Å². The monoisotopic (exact) mass is 225 g/mol. The second kappa shape index (κ2) is 4.28. The summed E-state index contributed by atoms with van der Waals surface area (Å²) in [6.45, 7) is 0. The minimum absolute atomic E-state index is 0.0880. The Morgan fingerprint density at radius 2 is 2.25 bits per heavy atom. The topological polar surface area (TPSA) is 123 Å². The summed E-state index contributed by atoms with van der Waals surface area (Å²) in [4.78, 5) is 23.3. The van der Waals surface area contributed by atoms with Gasteiger partial charge in [-0.2, -0.15) is 0 Å². The molecule has 0 radical (unpaired) electrons. The molecule has 7 nitrogen and oxygen atoms in total. The van der Waals surface area contributed by atoms with Crippen LogP contribution in [0.15, 0.2) is 11.2 Å². The molecule has 1 rings (SSSR count). The molecule has 8 heteroatoms. The Morgan fingerprint density at radius 1 is 1.62 bits per heavy atom. The van der Waals surface area contributed by atoms with Gasteiger partial charge in [-0.05, 0) is 11.6 Å². The van der Waals surface area contributed by atoms with Gasteiger partial charge in [0.05, 0.1) is 16.8 Å². The van der Waals surface area contributed by atoms with E-state index < -0.39 is 34.4 Å². The molecule has 0 bridgehead atoms. The van der Waals surface area contributed by atoms with Crippen molar-refractivity contribution in [1.29, 1.82) is 0 Å². The summed E-state index contributed by atoms with van der Waals surface area (Å²) in [5, 5.41) is 20.6. The summed E-state index contributed by atoms with van der Waals surface area (Å²) in [6, 6.07) is 0.720. The van der Waals surface area contributed by atoms with Crippen molar-refractivity contribution in [3.63, 3.8) is 0 Å². The SMILES string of the molecule is [N-]=[N+]=Nc1c(C(=O)O)cc(C=O)c(O)c1F. The summed E-state index contributed by atoms with van der Waals surface area (Å²) in [5.74, 6) is -4.08. The zero-order chi connectivity index (χ0) is 12.3. The predicted octanol–water partition coefficient (Wildman–Crippen LogP) is 1.98. The molecule has 0 fully saturated rings. The van der Waals surface area contributed by atoms with E-state index in [1.54, 1.807) is 0 Å². The number of carboxylic acids is 1. The van der Waals surface area contributed by atoms with Crippen LogP contribution in [0, 0.1) is 5.82 Å². The molecule has 0 atom stereocenters. The Hall–Kier alpha value is -2.60. The number of phenols is 1. The molecule has 0 amide bonds. The second-order valence-electron chi connectivity index (χ2n) is 2.64. The molecule has 0 aromatic heterocycles. The summed E-state index contributed by atoms with van der Waals surface area (Å²) >= 11 is 0. The maximum atomic E-state index is 13.3. The molecule has 0 aliphatic carbocycles. The number of halogens is 1. The van der Waals surface area contributed by atoms with Crippen LogP contribution in [0.1, 0.15) is 20.7 Å². The lowest BCUT2D eigenvalue weighted by Gasteiger charge is -2.05. The van der Waals surface area contributed by atoms with Gasteiger partial charge < -0.3 is 10.2 Å². The Balaban J connectivity index is 3.70. The van der Waals surface area contributed by atoms with Gasteiger partial charge in [0, 0.05) is 4.91 Å². The summed E-state index contributed by atoms with van der Waals surface area (Å²) in [6.07, 6.45) is 0.0880. The number of benzene rings is 1. The van der Waals surface area contributed by atoms with Crippen LogP contribution in [0.5, 0.6) is 5.75 Å². The minimum Gasteiger partial charge on any atom is -0.504 e. The van der Waals surface area contributed by atoms with Crippen molar-refractivity contribution in [3.8, 4) is 5.75 Å². The van der Waals surface area contributed by atoms with E-state index in [-0.39, 0.29) is 6.29 Å². The number of aromatic hydroxyl groups is 1. The summed E-state index contributed by atoms with van der Waals surface area (Å²) in [7, 11) is 0. The highest BCUT2D eigenvalue weighted by atomic mass is 19.1. The van der Waals surface area contributed by atoms with Crippen molar-refractivity contribution in [2.75, 3.05) is 0 Å². The fourth-order valence-corrected chi connectivity index (χ4v) is 1.04. The first-order valence-corrected chi connectivity index (χ1v) is 3.82. The first kappa shape index (κ1) is 11.5. The van der Waals surface area contributed by atoms with Crippen LogP contribution in [-0.4, -0.2) is 22.5 Å². The molecule has 1 aromatic carbocycles. The zero-order valence-electron chi connectivity index (χ0n) is 7.59. The van der Waals surface area contributed by atoms with Crippen LogP contribution < -0.4 is 0 Å². The molecule has 0 aliphatic rings. The third kappa shape index (κ3) is 1.77. The molecule has 1 aromatic rings. The van der Waals surface area contributed by atoms with Gasteiger partial charge in [-0.3, -0.25) is 4.79 Å². The quantitative estimate of drug-likeness (QED) is 0.353. The number of aldehydes is 1. The Kier molecular flexibility index (Phi) is 3.07. The van der Waals surface area contributed by atoms with Crippen LogP contribution in [0.4, 0.5) is 10.1 Å². The smallest absolute Gasteiger partial charge is 0.336 e. The van der Waals surface area contributed by atoms with E-state index in [2.05, 4.69) is 10.0 Å². The average Bonchev–Trinajstić information content (AvgIpc) is 2.25. The van der Waals surface area contributed by atoms with Gasteiger partial charge in [-0.1, -0.05) is 5.11 Å². The van der Waals surface area contributed by atoms with Crippen molar-refractivity contribution >= 4 is 17.9 Å². The Bertz CT molecular complexity index is 523. The molecular weight excluding hydrogens is 221 g/mol. The summed E-state index contributed by atoms with van der Waals surface area (Å²) in [5.41, 5.74) is 6.02. The lowest BCUT2D eigenvalue weighted by Crippen LogP contribution is -2.01. The third-order valence-electron chi connectivity index (χ3n) is 1.75. The standard InChI is InChI=1S/C8H4FN3O4/c9-5-6(11-12-10)4(8(15)16)1-3(2-13)7(5)14/h1-2,14H,(H,15,16). The van der Waals surface area contributed by atoms with Crippen LogP contribution in [0.2, 0.25) is 0 Å². The highest BCUT2D eigenvalue weighted by molar-refractivity contribution is 5.97. The fourth-order valence-electron chi connectivity index (χ4n) is 1.04. The van der Waals surface area contributed by atoms with Crippen LogP contribution >= 0.6 is 0 Å². The lowest BCUT2D eigenvalue weighted by atomic mass is 10.1. The molecule has 16 heavy (non-hydrogen) atoms. The molecular formula is C8H4FN3O4. The fraction of sp³-hybridized carbons (Fsp3) is 0. The normalized spacial score (nSPS) is 9.31. The molecule has 0 spiro atoms. The number of phenolic OH excluding ortho intramolecular Hbond substituents is 1. The lowest BCUT2D eigenvalue weighted by molar-refractivity contribution is 0.0697. The van der Waals surface area contributed by atoms with Gasteiger partial charge >= 0.3 is 5.97 Å². The van der Waals surface area contributed by atoms with Crippen molar-refractivity contribution in [1.82, 2.24) is 0 Å². The molecule has 0 heterocycles. The number of carbonyl (C=O) groups is 2. The second-order valence-corrected chi connectivity index (χ2v) is 2.64. The largest absolute Gasteiger partial charge is 0.504 e. The van der Waals surface area contributed by atoms with Gasteiger partial charge in [0.25, 0.3) is 0 Å². The molecule has 0 unspecified atom stereocenters. The Labute approximate surface area is 87.4 Å². The molecule has 0 aliphatic heterocycles. The van der Waals surface area contributed by atoms with Crippen molar-refractivity contribution in [3.05, 3.63) is 33.5 Å². The first-order chi connectivity index (χ1) is 7.52. The number of carboxylic acid groups (broad SMARTS) is 1. The zero-order valence-corrected chi connectivity index (χ0v) is 7.59.